The second-order valence-electron chi connectivity index (χ2n) is 3.72. The molecule has 79 valence electrons. The van der Waals surface area contributed by atoms with Crippen LogP contribution in [0.3, 0.4) is 0 Å². The summed E-state index contributed by atoms with van der Waals surface area (Å²) in [5, 5.41) is 10.8. The predicted octanol–water partition coefficient (Wildman–Crippen LogP) is 2.39. The third-order valence-electron chi connectivity index (χ3n) is 2.71. The Kier molecular flexibility index (Phi) is 2.85. The van der Waals surface area contributed by atoms with Crippen LogP contribution in [0.4, 0.5) is 11.4 Å². The molecule has 15 heavy (non-hydrogen) atoms. The van der Waals surface area contributed by atoms with Gasteiger partial charge in [0.2, 0.25) is 0 Å². The van der Waals surface area contributed by atoms with E-state index < -0.39 is 0 Å². The molecule has 4 nitrogen and oxygen atoms in total. The molecule has 1 heterocycles. The number of hydrogen-bond donors (Lipinski definition) is 0. The molecule has 1 aromatic rings. The van der Waals surface area contributed by atoms with Gasteiger partial charge in [0.1, 0.15) is 5.69 Å². The van der Waals surface area contributed by atoms with Gasteiger partial charge in [-0.3, -0.25) is 10.1 Å². The zero-order valence-corrected chi connectivity index (χ0v) is 8.48. The average Bonchev–Trinajstić information content (AvgIpc) is 2.30. The number of hydrogen-bond acceptors (Lipinski definition) is 3. The first-order chi connectivity index (χ1) is 7.29. The maximum absolute atomic E-state index is 10.8. The molecule has 0 aromatic heterocycles. The zero-order chi connectivity index (χ0) is 10.7. The minimum atomic E-state index is -0.322. The molecule has 0 spiro atoms. The fourth-order valence-electron chi connectivity index (χ4n) is 1.96. The van der Waals surface area contributed by atoms with Gasteiger partial charge in [-0.25, -0.2) is 0 Å². The summed E-state index contributed by atoms with van der Waals surface area (Å²) in [6, 6.07) is 7.73. The van der Waals surface area contributed by atoms with Crippen molar-refractivity contribution in [3.05, 3.63) is 34.4 Å². The van der Waals surface area contributed by atoms with E-state index in [1.165, 1.54) is 12.5 Å². The normalized spacial score (nSPS) is 16.4. The number of nitro benzene ring substituents is 1. The maximum Gasteiger partial charge on any atom is 0.292 e. The van der Waals surface area contributed by atoms with Crippen LogP contribution < -0.4 is 4.90 Å². The molecule has 4 heteroatoms. The average molecular weight is 205 g/mol. The molecule has 0 aliphatic carbocycles. The van der Waals surface area contributed by atoms with Gasteiger partial charge in [-0.1, -0.05) is 0 Å². The van der Waals surface area contributed by atoms with Crippen molar-refractivity contribution < 1.29 is 4.92 Å². The van der Waals surface area contributed by atoms with E-state index in [-0.39, 0.29) is 10.6 Å². The van der Waals surface area contributed by atoms with Crippen molar-refractivity contribution in [3.8, 4) is 0 Å². The van der Waals surface area contributed by atoms with Gasteiger partial charge >= 0.3 is 0 Å². The number of piperidine rings is 1. The first-order valence-electron chi connectivity index (χ1n) is 5.18. The molecule has 0 atom stereocenters. The molecular weight excluding hydrogens is 192 g/mol. The summed E-state index contributed by atoms with van der Waals surface area (Å²) in [6.07, 6.45) is 3.46. The Morgan fingerprint density at radius 3 is 2.73 bits per heavy atom. The van der Waals surface area contributed by atoms with Crippen molar-refractivity contribution in [2.24, 2.45) is 0 Å². The fourth-order valence-corrected chi connectivity index (χ4v) is 1.96. The molecule has 1 fully saturated rings. The van der Waals surface area contributed by atoms with Crippen LogP contribution in [0.5, 0.6) is 0 Å². The molecule has 0 bridgehead atoms. The number of nitrogens with zero attached hydrogens (tertiary/aromatic N) is 2. The molecule has 1 aliphatic rings. The molecule has 1 saturated heterocycles. The molecule has 0 saturated carbocycles. The molecule has 0 N–H and O–H groups in total. The predicted molar refractivity (Wildman–Crippen MR) is 58.0 cm³/mol. The summed E-state index contributed by atoms with van der Waals surface area (Å²) in [5.74, 6) is 0. The van der Waals surface area contributed by atoms with Crippen LogP contribution >= 0.6 is 0 Å². The highest BCUT2D eigenvalue weighted by Gasteiger charge is 2.19. The van der Waals surface area contributed by atoms with Crippen LogP contribution in [0.2, 0.25) is 0 Å². The number of anilines is 1. The first kappa shape index (κ1) is 9.96. The van der Waals surface area contributed by atoms with Crippen molar-refractivity contribution in [1.29, 1.82) is 0 Å². The third-order valence-corrected chi connectivity index (χ3v) is 2.71. The van der Waals surface area contributed by atoms with Crippen molar-refractivity contribution in [3.63, 3.8) is 0 Å². The second kappa shape index (κ2) is 4.29. The third kappa shape index (κ3) is 2.09. The smallest absolute Gasteiger partial charge is 0.292 e. The van der Waals surface area contributed by atoms with Gasteiger partial charge < -0.3 is 4.90 Å². The van der Waals surface area contributed by atoms with E-state index in [1.54, 1.807) is 12.1 Å². The maximum atomic E-state index is 10.8. The number of benzene rings is 1. The monoisotopic (exact) mass is 205 g/mol. The van der Waals surface area contributed by atoms with Crippen molar-refractivity contribution in [2.75, 3.05) is 18.0 Å². The lowest BCUT2D eigenvalue weighted by atomic mass is 10.1. The summed E-state index contributed by atoms with van der Waals surface area (Å²) >= 11 is 0. The highest BCUT2D eigenvalue weighted by atomic mass is 16.6. The molecule has 2 rings (SSSR count). The topological polar surface area (TPSA) is 46.4 Å². The van der Waals surface area contributed by atoms with Crippen LogP contribution in [-0.4, -0.2) is 18.0 Å². The second-order valence-corrected chi connectivity index (χ2v) is 3.72. The minimum Gasteiger partial charge on any atom is -0.366 e. The Hall–Kier alpha value is -1.58. The summed E-state index contributed by atoms with van der Waals surface area (Å²) in [4.78, 5) is 12.6. The van der Waals surface area contributed by atoms with Crippen LogP contribution in [-0.2, 0) is 0 Å². The number of nitro groups is 1. The fraction of sp³-hybridized carbons (Fsp3) is 0.455. The van der Waals surface area contributed by atoms with Gasteiger partial charge in [-0.05, 0) is 37.5 Å². The lowest BCUT2D eigenvalue weighted by Gasteiger charge is -2.28. The van der Waals surface area contributed by atoms with Crippen molar-refractivity contribution in [2.45, 2.75) is 19.3 Å². The van der Waals surface area contributed by atoms with E-state index >= 15 is 0 Å². The van der Waals surface area contributed by atoms with Crippen LogP contribution in [0.25, 0.3) is 0 Å². The summed E-state index contributed by atoms with van der Waals surface area (Å²) in [5.41, 5.74) is 0.901. The molecule has 1 radical (unpaired) electrons. The zero-order valence-electron chi connectivity index (χ0n) is 8.48. The molecule has 1 aromatic carbocycles. The standard InChI is InChI=1S/C11H13N2O2/c14-13(15)11-7-3-2-6-10(11)12-8-4-1-5-9-12/h3,6-7H,1,4-5,8-9H2. The summed E-state index contributed by atoms with van der Waals surface area (Å²) in [7, 11) is 0. The van der Waals surface area contributed by atoms with Crippen LogP contribution in [0.15, 0.2) is 18.2 Å². The van der Waals surface area contributed by atoms with E-state index in [9.17, 15) is 10.1 Å². The van der Waals surface area contributed by atoms with E-state index in [0.717, 1.165) is 25.9 Å². The number of rotatable bonds is 2. The van der Waals surface area contributed by atoms with Gasteiger partial charge in [0.25, 0.3) is 5.69 Å². The van der Waals surface area contributed by atoms with E-state index in [0.29, 0.717) is 5.69 Å². The molecule has 1 aliphatic heterocycles. The Morgan fingerprint density at radius 2 is 2.07 bits per heavy atom. The van der Waals surface area contributed by atoms with Crippen LogP contribution in [0.1, 0.15) is 19.3 Å². The molecule has 0 amide bonds. The largest absolute Gasteiger partial charge is 0.366 e. The molecule has 0 unspecified atom stereocenters. The quantitative estimate of drug-likeness (QED) is 0.550. The van der Waals surface area contributed by atoms with E-state index in [2.05, 4.69) is 11.0 Å². The minimum absolute atomic E-state index is 0.190. The Labute approximate surface area is 88.7 Å². The Morgan fingerprint density at radius 1 is 1.33 bits per heavy atom. The van der Waals surface area contributed by atoms with Gasteiger partial charge in [0.15, 0.2) is 0 Å². The molecular formula is C11H13N2O2. The van der Waals surface area contributed by atoms with Crippen molar-refractivity contribution in [1.82, 2.24) is 0 Å². The van der Waals surface area contributed by atoms with Gasteiger partial charge in [-0.15, -0.1) is 0 Å². The Balaban J connectivity index is 2.29. The highest BCUT2D eigenvalue weighted by Crippen LogP contribution is 2.29. The first-order valence-corrected chi connectivity index (χ1v) is 5.18. The van der Waals surface area contributed by atoms with E-state index in [1.807, 2.05) is 0 Å². The van der Waals surface area contributed by atoms with Gasteiger partial charge in [0, 0.05) is 19.2 Å². The summed E-state index contributed by atoms with van der Waals surface area (Å²) < 4.78 is 0. The highest BCUT2D eigenvalue weighted by molar-refractivity contribution is 5.62. The van der Waals surface area contributed by atoms with Crippen molar-refractivity contribution >= 4 is 11.4 Å². The van der Waals surface area contributed by atoms with Gasteiger partial charge in [-0.2, -0.15) is 0 Å². The lowest BCUT2D eigenvalue weighted by molar-refractivity contribution is -0.384. The van der Waals surface area contributed by atoms with E-state index in [4.69, 9.17) is 0 Å². The Bertz CT molecular complexity index is 359. The van der Waals surface area contributed by atoms with Crippen LogP contribution in [0, 0.1) is 16.2 Å². The lowest BCUT2D eigenvalue weighted by Crippen LogP contribution is -2.29. The van der Waals surface area contributed by atoms with Gasteiger partial charge in [0.05, 0.1) is 4.92 Å². The SMILES string of the molecule is O=[N+]([O-])c1cc[c]cc1N1CCCCC1. The summed E-state index contributed by atoms with van der Waals surface area (Å²) in [6.45, 7) is 1.83.